The van der Waals surface area contributed by atoms with E-state index >= 15 is 0 Å². The van der Waals surface area contributed by atoms with Gasteiger partial charge in [-0.2, -0.15) is 0 Å². The number of rotatable bonds is 7. The van der Waals surface area contributed by atoms with Crippen molar-refractivity contribution < 1.29 is 0 Å². The zero-order valence-corrected chi connectivity index (χ0v) is 10.0. The quantitative estimate of drug-likeness (QED) is 0.371. The van der Waals surface area contributed by atoms with Crippen LogP contribution in [0.1, 0.15) is 33.1 Å². The molecule has 84 valence electrons. The molecule has 3 nitrogen and oxygen atoms in total. The average Bonchev–Trinajstić information content (AvgIpc) is 2.18. The molecule has 3 heteroatoms. The molecule has 0 spiro atoms. The Morgan fingerprint density at radius 3 is 2.43 bits per heavy atom. The zero-order chi connectivity index (χ0) is 11.2. The molecule has 0 aliphatic rings. The van der Waals surface area contributed by atoms with Crippen molar-refractivity contribution in [3.8, 4) is 0 Å². The first-order valence-corrected chi connectivity index (χ1v) is 5.27. The van der Waals surface area contributed by atoms with Crippen LogP contribution in [0.25, 0.3) is 0 Å². The van der Waals surface area contributed by atoms with Gasteiger partial charge in [0.15, 0.2) is 0 Å². The summed E-state index contributed by atoms with van der Waals surface area (Å²) in [6.45, 7) is 8.17. The van der Waals surface area contributed by atoms with Crippen LogP contribution >= 0.6 is 0 Å². The van der Waals surface area contributed by atoms with Crippen LogP contribution in [-0.2, 0) is 0 Å². The molecule has 0 fully saturated rings. The third-order valence-electron chi connectivity index (χ3n) is 3.35. The summed E-state index contributed by atoms with van der Waals surface area (Å²) in [6.07, 6.45) is 5.04. The molecule has 0 heterocycles. The molecule has 0 rings (SSSR count). The maximum absolute atomic E-state index is 5.60. The third kappa shape index (κ3) is 3.08. The highest BCUT2D eigenvalue weighted by Gasteiger charge is 2.33. The van der Waals surface area contributed by atoms with Gasteiger partial charge in [0.05, 0.1) is 0 Å². The Morgan fingerprint density at radius 1 is 1.57 bits per heavy atom. The highest BCUT2D eigenvalue weighted by molar-refractivity contribution is 4.94. The van der Waals surface area contributed by atoms with Gasteiger partial charge in [0, 0.05) is 11.6 Å². The lowest BCUT2D eigenvalue weighted by Gasteiger charge is -2.42. The molecule has 0 radical (unpaired) electrons. The summed E-state index contributed by atoms with van der Waals surface area (Å²) in [5.41, 5.74) is 3.03. The largest absolute Gasteiger partial charge is 0.302 e. The molecule has 0 aliphatic carbocycles. The van der Waals surface area contributed by atoms with Crippen molar-refractivity contribution in [3.05, 3.63) is 12.7 Å². The molecule has 0 saturated heterocycles. The van der Waals surface area contributed by atoms with Crippen molar-refractivity contribution in [1.82, 2.24) is 10.3 Å². The second-order valence-corrected chi connectivity index (χ2v) is 4.19. The number of hydrogen-bond donors (Lipinski definition) is 2. The number of allylic oxidation sites excluding steroid dienone is 1. The van der Waals surface area contributed by atoms with E-state index in [1.165, 1.54) is 0 Å². The lowest BCUT2D eigenvalue weighted by atomic mass is 9.85. The zero-order valence-electron chi connectivity index (χ0n) is 10.0. The molecule has 2 unspecified atom stereocenters. The van der Waals surface area contributed by atoms with Gasteiger partial charge in [-0.05, 0) is 40.3 Å². The van der Waals surface area contributed by atoms with Gasteiger partial charge in [0.25, 0.3) is 0 Å². The predicted molar refractivity (Wildman–Crippen MR) is 62.9 cm³/mol. The second-order valence-electron chi connectivity index (χ2n) is 4.19. The molecular formula is C11H25N3. The molecule has 0 saturated carbocycles. The summed E-state index contributed by atoms with van der Waals surface area (Å²) in [5.74, 6) is 5.60. The van der Waals surface area contributed by atoms with E-state index in [9.17, 15) is 0 Å². The summed E-state index contributed by atoms with van der Waals surface area (Å²) in [5, 5.41) is 0. The Labute approximate surface area is 88.3 Å². The lowest BCUT2D eigenvalue weighted by molar-refractivity contribution is 0.108. The topological polar surface area (TPSA) is 41.3 Å². The summed E-state index contributed by atoms with van der Waals surface area (Å²) in [4.78, 5) is 2.24. The minimum absolute atomic E-state index is 0.109. The molecule has 0 aromatic heterocycles. The van der Waals surface area contributed by atoms with Crippen molar-refractivity contribution >= 4 is 0 Å². The van der Waals surface area contributed by atoms with Gasteiger partial charge in [0.2, 0.25) is 0 Å². The number of nitrogens with zero attached hydrogens (tertiary/aromatic N) is 1. The normalized spacial score (nSPS) is 17.9. The Kier molecular flexibility index (Phi) is 6.00. The summed E-state index contributed by atoms with van der Waals surface area (Å²) in [6, 6.07) is 0.306. The van der Waals surface area contributed by atoms with E-state index in [4.69, 9.17) is 5.84 Å². The first kappa shape index (κ1) is 13.6. The fourth-order valence-electron chi connectivity index (χ4n) is 1.73. The first-order chi connectivity index (χ1) is 6.52. The Morgan fingerprint density at radius 2 is 2.14 bits per heavy atom. The highest BCUT2D eigenvalue weighted by Crippen LogP contribution is 2.23. The predicted octanol–water partition coefficient (Wildman–Crippen LogP) is 1.51. The first-order valence-electron chi connectivity index (χ1n) is 5.27. The van der Waals surface area contributed by atoms with E-state index in [2.05, 4.69) is 44.8 Å². The van der Waals surface area contributed by atoms with Crippen molar-refractivity contribution in [2.45, 2.75) is 44.7 Å². The molecule has 0 aliphatic heterocycles. The van der Waals surface area contributed by atoms with Crippen LogP contribution in [0.15, 0.2) is 12.7 Å². The molecule has 2 atom stereocenters. The van der Waals surface area contributed by atoms with Crippen LogP contribution in [0.3, 0.4) is 0 Å². The van der Waals surface area contributed by atoms with Crippen molar-refractivity contribution in [2.24, 2.45) is 5.84 Å². The van der Waals surface area contributed by atoms with Gasteiger partial charge < -0.3 is 4.90 Å². The maximum Gasteiger partial charge on any atom is 0.0394 e. The van der Waals surface area contributed by atoms with Crippen molar-refractivity contribution in [2.75, 3.05) is 14.1 Å². The smallest absolute Gasteiger partial charge is 0.0394 e. The van der Waals surface area contributed by atoms with E-state index in [0.717, 1.165) is 19.3 Å². The van der Waals surface area contributed by atoms with Crippen LogP contribution in [-0.4, -0.2) is 30.6 Å². The fourth-order valence-corrected chi connectivity index (χ4v) is 1.73. The van der Waals surface area contributed by atoms with Crippen LogP contribution in [0, 0.1) is 0 Å². The SMILES string of the molecule is C=CCCC(NN)C(C)(CC)N(C)C. The van der Waals surface area contributed by atoms with E-state index in [1.54, 1.807) is 0 Å². The number of likely N-dealkylation sites (N-methyl/N-ethyl adjacent to an activating group) is 1. The molecule has 0 bridgehead atoms. The van der Waals surface area contributed by atoms with Crippen LogP contribution in [0.5, 0.6) is 0 Å². The number of nitrogens with two attached hydrogens (primary N) is 1. The van der Waals surface area contributed by atoms with E-state index in [1.807, 2.05) is 6.08 Å². The minimum atomic E-state index is 0.109. The van der Waals surface area contributed by atoms with E-state index < -0.39 is 0 Å². The minimum Gasteiger partial charge on any atom is -0.302 e. The molecular weight excluding hydrogens is 174 g/mol. The van der Waals surface area contributed by atoms with Crippen molar-refractivity contribution in [1.29, 1.82) is 0 Å². The lowest BCUT2D eigenvalue weighted by Crippen LogP contribution is -2.58. The summed E-state index contributed by atoms with van der Waals surface area (Å²) in [7, 11) is 4.20. The molecule has 0 aromatic carbocycles. The summed E-state index contributed by atoms with van der Waals surface area (Å²) < 4.78 is 0. The van der Waals surface area contributed by atoms with Gasteiger partial charge in [0.1, 0.15) is 0 Å². The van der Waals surface area contributed by atoms with Crippen molar-refractivity contribution in [3.63, 3.8) is 0 Å². The van der Waals surface area contributed by atoms with Gasteiger partial charge in [-0.15, -0.1) is 6.58 Å². The molecule has 14 heavy (non-hydrogen) atoms. The highest BCUT2D eigenvalue weighted by atomic mass is 15.3. The van der Waals surface area contributed by atoms with Crippen LogP contribution in [0.4, 0.5) is 0 Å². The van der Waals surface area contributed by atoms with Crippen LogP contribution in [0.2, 0.25) is 0 Å². The third-order valence-corrected chi connectivity index (χ3v) is 3.35. The fraction of sp³-hybridized carbons (Fsp3) is 0.818. The molecule has 0 amide bonds. The van der Waals surface area contributed by atoms with E-state index in [0.29, 0.717) is 6.04 Å². The number of hydrazine groups is 1. The number of hydrogen-bond acceptors (Lipinski definition) is 3. The average molecular weight is 199 g/mol. The maximum atomic E-state index is 5.60. The van der Waals surface area contributed by atoms with Gasteiger partial charge in [-0.3, -0.25) is 11.3 Å². The van der Waals surface area contributed by atoms with E-state index in [-0.39, 0.29) is 5.54 Å². The molecule has 0 aromatic rings. The molecule has 3 N–H and O–H groups in total. The van der Waals surface area contributed by atoms with Gasteiger partial charge >= 0.3 is 0 Å². The Bertz CT molecular complexity index is 168. The number of nitrogens with one attached hydrogen (secondary N) is 1. The monoisotopic (exact) mass is 199 g/mol. The standard InChI is InChI=1S/C11H25N3/c1-6-8-9-10(13-12)11(3,7-2)14(4)5/h6,10,13H,1,7-9,12H2,2-5H3. The Hall–Kier alpha value is -0.380. The van der Waals surface area contributed by atoms with Gasteiger partial charge in [-0.1, -0.05) is 13.0 Å². The Balaban J connectivity index is 4.50. The summed E-state index contributed by atoms with van der Waals surface area (Å²) >= 11 is 0. The van der Waals surface area contributed by atoms with Gasteiger partial charge in [-0.25, -0.2) is 0 Å². The van der Waals surface area contributed by atoms with Crippen LogP contribution < -0.4 is 11.3 Å². The second kappa shape index (κ2) is 6.17.